The molecule has 4 N–H and O–H groups in total. The van der Waals surface area contributed by atoms with Gasteiger partial charge in [0.2, 0.25) is 0 Å². The van der Waals surface area contributed by atoms with Crippen molar-refractivity contribution in [2.75, 3.05) is 10.7 Å². The van der Waals surface area contributed by atoms with E-state index in [0.717, 1.165) is 3.79 Å². The number of hydrogen-bond donors (Lipinski definition) is 3. The largest absolute Gasteiger partial charge is 0.308 e. The summed E-state index contributed by atoms with van der Waals surface area (Å²) >= 11 is 4.62. The summed E-state index contributed by atoms with van der Waals surface area (Å²) < 4.78 is 0.855. The molecule has 0 saturated heterocycles. The van der Waals surface area contributed by atoms with Gasteiger partial charge in [-0.05, 0) is 35.0 Å². The van der Waals surface area contributed by atoms with Crippen LogP contribution in [0.3, 0.4) is 0 Å². The summed E-state index contributed by atoms with van der Waals surface area (Å²) in [5.74, 6) is 5.48. The number of aryl methyl sites for hydroxylation is 1. The van der Waals surface area contributed by atoms with Crippen LogP contribution in [0.2, 0.25) is 0 Å². The quantitative estimate of drug-likeness (QED) is 0.593. The molecule has 0 aliphatic heterocycles. The first-order chi connectivity index (χ1) is 8.58. The highest BCUT2D eigenvalue weighted by Crippen LogP contribution is 2.23. The topological polar surface area (TPSA) is 92.9 Å². The highest BCUT2D eigenvalue weighted by molar-refractivity contribution is 9.11. The van der Waals surface area contributed by atoms with Crippen molar-refractivity contribution in [2.45, 2.75) is 6.92 Å². The van der Waals surface area contributed by atoms with Crippen molar-refractivity contribution in [1.29, 1.82) is 0 Å². The van der Waals surface area contributed by atoms with Gasteiger partial charge in [-0.3, -0.25) is 10.1 Å². The molecule has 0 saturated carbocycles. The Morgan fingerprint density at radius 1 is 1.50 bits per heavy atom. The van der Waals surface area contributed by atoms with Crippen molar-refractivity contribution in [1.82, 2.24) is 9.97 Å². The fourth-order valence-corrected chi connectivity index (χ4v) is 2.46. The maximum absolute atomic E-state index is 12.0. The summed E-state index contributed by atoms with van der Waals surface area (Å²) in [5, 5.41) is 3.23. The van der Waals surface area contributed by atoms with E-state index in [9.17, 15) is 4.79 Å². The molecule has 1 amide bonds. The molecule has 0 unspecified atom stereocenters. The third-order valence-electron chi connectivity index (χ3n) is 2.06. The maximum atomic E-state index is 12.0. The Hall–Kier alpha value is -1.51. The molecule has 0 aliphatic carbocycles. The highest BCUT2D eigenvalue weighted by Gasteiger charge is 2.10. The van der Waals surface area contributed by atoms with Gasteiger partial charge in [-0.1, -0.05) is 11.3 Å². The number of aromatic nitrogens is 2. The molecule has 2 heterocycles. The molecule has 0 aromatic carbocycles. The third-order valence-corrected chi connectivity index (χ3v) is 3.45. The molecule has 18 heavy (non-hydrogen) atoms. The molecule has 0 aliphatic rings. The van der Waals surface area contributed by atoms with E-state index in [1.165, 1.54) is 11.3 Å². The average Bonchev–Trinajstić information content (AvgIpc) is 2.73. The van der Waals surface area contributed by atoms with Crippen molar-refractivity contribution in [3.05, 3.63) is 33.4 Å². The number of hydrogen-bond acceptors (Lipinski definition) is 6. The number of nitrogens with two attached hydrogens (primary N) is 1. The Labute approximate surface area is 116 Å². The molecular weight excluding hydrogens is 318 g/mol. The van der Waals surface area contributed by atoms with E-state index in [0.29, 0.717) is 22.2 Å². The second-order valence-electron chi connectivity index (χ2n) is 3.45. The molecule has 0 radical (unpaired) electrons. The Morgan fingerprint density at radius 3 is 2.89 bits per heavy atom. The van der Waals surface area contributed by atoms with E-state index in [1.54, 1.807) is 25.3 Å². The lowest BCUT2D eigenvalue weighted by Gasteiger charge is -2.05. The van der Waals surface area contributed by atoms with Crippen LogP contribution in [-0.4, -0.2) is 15.9 Å². The van der Waals surface area contributed by atoms with Crippen LogP contribution in [0.4, 0.5) is 10.9 Å². The van der Waals surface area contributed by atoms with Crippen molar-refractivity contribution >= 4 is 44.1 Å². The van der Waals surface area contributed by atoms with Gasteiger partial charge in [0, 0.05) is 11.3 Å². The van der Waals surface area contributed by atoms with Crippen molar-refractivity contribution in [3.63, 3.8) is 0 Å². The zero-order valence-electron chi connectivity index (χ0n) is 9.40. The molecule has 0 atom stereocenters. The monoisotopic (exact) mass is 327 g/mol. The molecule has 8 heteroatoms. The van der Waals surface area contributed by atoms with Crippen molar-refractivity contribution in [2.24, 2.45) is 5.84 Å². The first-order valence-electron chi connectivity index (χ1n) is 4.96. The molecule has 2 aromatic heterocycles. The molecule has 0 spiro atoms. The number of hydrazine groups is 1. The fourth-order valence-electron chi connectivity index (χ4n) is 1.36. The predicted octanol–water partition coefficient (Wildman–Crippen LogP) is 2.15. The van der Waals surface area contributed by atoms with Gasteiger partial charge < -0.3 is 5.43 Å². The van der Waals surface area contributed by atoms with Crippen LogP contribution in [0.1, 0.15) is 16.1 Å². The van der Waals surface area contributed by atoms with E-state index < -0.39 is 0 Å². The first kappa shape index (κ1) is 12.9. The Bertz CT molecular complexity index is 585. The van der Waals surface area contributed by atoms with E-state index in [4.69, 9.17) is 5.84 Å². The fraction of sp³-hybridized carbons (Fsp3) is 0.100. The number of nitrogen functional groups attached to an aromatic ring is 1. The van der Waals surface area contributed by atoms with Crippen LogP contribution in [0, 0.1) is 6.92 Å². The van der Waals surface area contributed by atoms with Crippen LogP contribution in [0.15, 0.2) is 22.1 Å². The normalized spacial score (nSPS) is 10.2. The summed E-state index contributed by atoms with van der Waals surface area (Å²) in [6.45, 7) is 1.79. The lowest BCUT2D eigenvalue weighted by atomic mass is 10.2. The zero-order chi connectivity index (χ0) is 13.1. The Kier molecular flexibility index (Phi) is 3.90. The zero-order valence-corrected chi connectivity index (χ0v) is 11.8. The summed E-state index contributed by atoms with van der Waals surface area (Å²) in [7, 11) is 0. The number of amides is 1. The molecule has 94 valence electrons. The van der Waals surface area contributed by atoms with Gasteiger partial charge in [-0.2, -0.15) is 0 Å². The molecule has 2 aromatic rings. The van der Waals surface area contributed by atoms with Crippen molar-refractivity contribution < 1.29 is 4.79 Å². The number of rotatable bonds is 3. The first-order valence-corrected chi connectivity index (χ1v) is 6.57. The standard InChI is InChI=1S/C10H10BrN5OS/c1-5-2-6(3-8(14-5)16-12)9(17)15-10-13-4-7(11)18-10/h2-4H,12H2,1H3,(H,14,16)(H,13,15,17). The Morgan fingerprint density at radius 2 is 2.28 bits per heavy atom. The van der Waals surface area contributed by atoms with Crippen LogP contribution >= 0.6 is 27.3 Å². The number of pyridine rings is 1. The molecule has 6 nitrogen and oxygen atoms in total. The van der Waals surface area contributed by atoms with Crippen LogP contribution in [0.25, 0.3) is 0 Å². The number of nitrogens with zero attached hydrogens (tertiary/aromatic N) is 2. The summed E-state index contributed by atoms with van der Waals surface area (Å²) in [4.78, 5) is 20.1. The lowest BCUT2D eigenvalue weighted by Crippen LogP contribution is -2.15. The molecule has 0 fully saturated rings. The smallest absolute Gasteiger partial charge is 0.257 e. The number of halogens is 1. The van der Waals surface area contributed by atoms with E-state index in [1.807, 2.05) is 0 Å². The Balaban J connectivity index is 2.20. The molecule has 2 rings (SSSR count). The number of thiazole rings is 1. The average molecular weight is 328 g/mol. The van der Waals surface area contributed by atoms with Crippen LogP contribution in [0.5, 0.6) is 0 Å². The van der Waals surface area contributed by atoms with Gasteiger partial charge in [0.15, 0.2) is 5.13 Å². The van der Waals surface area contributed by atoms with Gasteiger partial charge in [0.1, 0.15) is 5.82 Å². The predicted molar refractivity (Wildman–Crippen MR) is 74.6 cm³/mol. The minimum Gasteiger partial charge on any atom is -0.308 e. The van der Waals surface area contributed by atoms with Crippen molar-refractivity contribution in [3.8, 4) is 0 Å². The van der Waals surface area contributed by atoms with Gasteiger partial charge in [0.05, 0.1) is 9.98 Å². The van der Waals surface area contributed by atoms with Gasteiger partial charge in [-0.25, -0.2) is 15.8 Å². The summed E-state index contributed by atoms with van der Waals surface area (Å²) in [5.41, 5.74) is 3.60. The minimum atomic E-state index is -0.251. The number of carbonyl (C=O) groups excluding carboxylic acids is 1. The van der Waals surface area contributed by atoms with E-state index in [-0.39, 0.29) is 5.91 Å². The minimum absolute atomic E-state index is 0.251. The van der Waals surface area contributed by atoms with Gasteiger partial charge in [-0.15, -0.1) is 0 Å². The van der Waals surface area contributed by atoms with Crippen LogP contribution < -0.4 is 16.6 Å². The lowest BCUT2D eigenvalue weighted by molar-refractivity contribution is 0.102. The third kappa shape index (κ3) is 3.03. The highest BCUT2D eigenvalue weighted by atomic mass is 79.9. The van der Waals surface area contributed by atoms with Crippen LogP contribution in [-0.2, 0) is 0 Å². The maximum Gasteiger partial charge on any atom is 0.257 e. The second kappa shape index (κ2) is 5.42. The number of carbonyl (C=O) groups is 1. The second-order valence-corrected chi connectivity index (χ2v) is 5.86. The number of anilines is 2. The van der Waals surface area contributed by atoms with E-state index in [2.05, 4.69) is 36.6 Å². The van der Waals surface area contributed by atoms with Gasteiger partial charge in [0.25, 0.3) is 5.91 Å². The number of nitrogens with one attached hydrogen (secondary N) is 2. The van der Waals surface area contributed by atoms with E-state index >= 15 is 0 Å². The molecule has 0 bridgehead atoms. The summed E-state index contributed by atoms with van der Waals surface area (Å²) in [6, 6.07) is 3.25. The summed E-state index contributed by atoms with van der Waals surface area (Å²) in [6.07, 6.45) is 1.63. The molecular formula is C10H10BrN5OS. The van der Waals surface area contributed by atoms with Gasteiger partial charge >= 0.3 is 0 Å². The SMILES string of the molecule is Cc1cc(C(=O)Nc2ncc(Br)s2)cc(NN)n1.